The van der Waals surface area contributed by atoms with Crippen LogP contribution in [0.15, 0.2) is 35.1 Å². The van der Waals surface area contributed by atoms with Crippen molar-refractivity contribution in [2.45, 2.75) is 11.8 Å². The molecule has 0 atom stereocenters. The lowest BCUT2D eigenvalue weighted by atomic mass is 10.2. The summed E-state index contributed by atoms with van der Waals surface area (Å²) in [5.41, 5.74) is 0.671. The molecule has 2 nitrogen and oxygen atoms in total. The van der Waals surface area contributed by atoms with E-state index in [1.54, 1.807) is 19.1 Å². The van der Waals surface area contributed by atoms with Gasteiger partial charge in [0.05, 0.1) is 4.90 Å². The summed E-state index contributed by atoms with van der Waals surface area (Å²) in [4.78, 5) is 0.218. The van der Waals surface area contributed by atoms with Gasteiger partial charge in [-0.05, 0) is 24.6 Å². The second-order valence-electron chi connectivity index (χ2n) is 2.62. The Morgan fingerprint density at radius 1 is 1.46 bits per heavy atom. The first-order chi connectivity index (χ1) is 5.97. The quantitative estimate of drug-likeness (QED) is 0.762. The number of hydrogen-bond acceptors (Lipinski definition) is 2. The highest BCUT2D eigenvalue weighted by Gasteiger charge is 2.12. The highest BCUT2D eigenvalue weighted by Crippen LogP contribution is 2.21. The number of benzene rings is 1. The Kier molecular flexibility index (Phi) is 2.78. The van der Waals surface area contributed by atoms with Crippen molar-refractivity contribution in [2.24, 2.45) is 0 Å². The average Bonchev–Trinajstić information content (AvgIpc) is 2.09. The van der Waals surface area contributed by atoms with E-state index in [1.165, 1.54) is 6.07 Å². The largest absolute Gasteiger partial charge is 0.219 e. The van der Waals surface area contributed by atoms with Gasteiger partial charge in [0.15, 0.2) is 9.84 Å². The van der Waals surface area contributed by atoms with Crippen molar-refractivity contribution in [3.63, 3.8) is 0 Å². The van der Waals surface area contributed by atoms with E-state index in [4.69, 9.17) is 11.6 Å². The van der Waals surface area contributed by atoms with Gasteiger partial charge in [0.25, 0.3) is 0 Å². The molecule has 13 heavy (non-hydrogen) atoms. The van der Waals surface area contributed by atoms with Gasteiger partial charge in [-0.1, -0.05) is 24.2 Å². The lowest BCUT2D eigenvalue weighted by Gasteiger charge is -2.03. The van der Waals surface area contributed by atoms with Crippen molar-refractivity contribution < 1.29 is 8.42 Å². The van der Waals surface area contributed by atoms with Crippen molar-refractivity contribution in [1.29, 1.82) is 0 Å². The molecular weight excluding hydrogens is 208 g/mol. The third kappa shape index (κ3) is 2.11. The summed E-state index contributed by atoms with van der Waals surface area (Å²) in [6, 6.07) is 4.74. The van der Waals surface area contributed by atoms with Crippen LogP contribution in [-0.2, 0) is 9.84 Å². The first kappa shape index (κ1) is 10.3. The fourth-order valence-corrected chi connectivity index (χ4v) is 2.19. The van der Waals surface area contributed by atoms with Crippen LogP contribution >= 0.6 is 11.6 Å². The summed E-state index contributed by atoms with van der Waals surface area (Å²) in [5.74, 6) is 0. The van der Waals surface area contributed by atoms with Crippen molar-refractivity contribution in [3.8, 4) is 0 Å². The Labute approximate surface area is 82.8 Å². The minimum atomic E-state index is -3.37. The molecule has 0 radical (unpaired) electrons. The molecule has 0 saturated heterocycles. The van der Waals surface area contributed by atoms with Gasteiger partial charge >= 0.3 is 0 Å². The summed E-state index contributed by atoms with van der Waals surface area (Å²) in [7, 11) is -3.37. The normalized spacial score (nSPS) is 11.2. The van der Waals surface area contributed by atoms with E-state index in [-0.39, 0.29) is 4.90 Å². The van der Waals surface area contributed by atoms with E-state index in [0.29, 0.717) is 10.6 Å². The molecule has 0 N–H and O–H groups in total. The third-order valence-electron chi connectivity index (χ3n) is 1.68. The highest BCUT2D eigenvalue weighted by atomic mass is 35.5. The molecule has 0 unspecified atom stereocenters. The van der Waals surface area contributed by atoms with Crippen LogP contribution in [0.3, 0.4) is 0 Å². The zero-order chi connectivity index (χ0) is 10.1. The van der Waals surface area contributed by atoms with Gasteiger partial charge in [0.2, 0.25) is 0 Å². The molecule has 1 rings (SSSR count). The maximum Gasteiger partial charge on any atom is 0.199 e. The molecule has 0 aliphatic heterocycles. The lowest BCUT2D eigenvalue weighted by Crippen LogP contribution is -1.98. The van der Waals surface area contributed by atoms with Crippen molar-refractivity contribution in [3.05, 3.63) is 40.8 Å². The van der Waals surface area contributed by atoms with E-state index in [0.717, 1.165) is 5.41 Å². The summed E-state index contributed by atoms with van der Waals surface area (Å²) < 4.78 is 22.8. The van der Waals surface area contributed by atoms with Gasteiger partial charge in [-0.15, -0.1) is 0 Å². The van der Waals surface area contributed by atoms with Crippen LogP contribution in [0.25, 0.3) is 0 Å². The summed E-state index contributed by atoms with van der Waals surface area (Å²) in [6.45, 7) is 4.96. The predicted octanol–water partition coefficient (Wildman–Crippen LogP) is 2.57. The molecule has 0 spiro atoms. The second-order valence-corrected chi connectivity index (χ2v) is 4.92. The molecule has 0 saturated carbocycles. The first-order valence-corrected chi connectivity index (χ1v) is 5.53. The van der Waals surface area contributed by atoms with Crippen LogP contribution in [0.1, 0.15) is 5.56 Å². The van der Waals surface area contributed by atoms with Crippen LogP contribution in [-0.4, -0.2) is 8.42 Å². The summed E-state index contributed by atoms with van der Waals surface area (Å²) in [5, 5.41) is 1.33. The Bertz CT molecular complexity index is 435. The molecule has 0 bridgehead atoms. The van der Waals surface area contributed by atoms with Crippen LogP contribution in [0.2, 0.25) is 5.02 Å². The topological polar surface area (TPSA) is 34.1 Å². The molecule has 0 amide bonds. The molecule has 0 aromatic heterocycles. The molecule has 0 aliphatic rings. The van der Waals surface area contributed by atoms with E-state index in [9.17, 15) is 8.42 Å². The average molecular weight is 217 g/mol. The Hall–Kier alpha value is -0.800. The van der Waals surface area contributed by atoms with Crippen LogP contribution < -0.4 is 0 Å². The Morgan fingerprint density at radius 3 is 2.62 bits per heavy atom. The smallest absolute Gasteiger partial charge is 0.199 e. The molecule has 70 valence electrons. The number of rotatable bonds is 2. The zero-order valence-electron chi connectivity index (χ0n) is 7.12. The number of halogens is 1. The van der Waals surface area contributed by atoms with Crippen molar-refractivity contribution >= 4 is 21.4 Å². The van der Waals surface area contributed by atoms with Gasteiger partial charge in [-0.25, -0.2) is 8.42 Å². The van der Waals surface area contributed by atoms with E-state index in [2.05, 4.69) is 6.58 Å². The maximum absolute atomic E-state index is 11.4. The van der Waals surface area contributed by atoms with Crippen molar-refractivity contribution in [2.75, 3.05) is 0 Å². The fraction of sp³-hybridized carbons (Fsp3) is 0.111. The summed E-state index contributed by atoms with van der Waals surface area (Å²) in [6.07, 6.45) is 0. The van der Waals surface area contributed by atoms with E-state index >= 15 is 0 Å². The molecular formula is C9H9ClO2S. The Balaban J connectivity index is 3.46. The molecule has 0 heterocycles. The molecule has 1 aromatic carbocycles. The SMILES string of the molecule is C=CS(=O)(=O)c1cc(Cl)ccc1C. The number of aryl methyl sites for hydroxylation is 1. The summed E-state index contributed by atoms with van der Waals surface area (Å²) >= 11 is 5.68. The van der Waals surface area contributed by atoms with Gasteiger partial charge < -0.3 is 0 Å². The minimum absolute atomic E-state index is 0.218. The van der Waals surface area contributed by atoms with E-state index in [1.807, 2.05) is 0 Å². The predicted molar refractivity (Wildman–Crippen MR) is 53.6 cm³/mol. The number of sulfone groups is 1. The third-order valence-corrected chi connectivity index (χ3v) is 3.40. The highest BCUT2D eigenvalue weighted by molar-refractivity contribution is 7.94. The van der Waals surface area contributed by atoms with Crippen LogP contribution in [0.4, 0.5) is 0 Å². The van der Waals surface area contributed by atoms with Gasteiger partial charge in [0, 0.05) is 10.4 Å². The van der Waals surface area contributed by atoms with Gasteiger partial charge in [-0.3, -0.25) is 0 Å². The van der Waals surface area contributed by atoms with Crippen molar-refractivity contribution in [1.82, 2.24) is 0 Å². The standard InChI is InChI=1S/C9H9ClO2S/c1-3-13(11,12)9-6-8(10)5-4-7(9)2/h3-6H,1H2,2H3. The molecule has 4 heteroatoms. The Morgan fingerprint density at radius 2 is 2.08 bits per heavy atom. The molecule has 1 aromatic rings. The minimum Gasteiger partial charge on any atom is -0.219 e. The zero-order valence-corrected chi connectivity index (χ0v) is 8.69. The first-order valence-electron chi connectivity index (χ1n) is 3.61. The monoisotopic (exact) mass is 216 g/mol. The molecule has 0 fully saturated rings. The van der Waals surface area contributed by atoms with Gasteiger partial charge in [-0.2, -0.15) is 0 Å². The maximum atomic E-state index is 11.4. The molecule has 0 aliphatic carbocycles. The lowest BCUT2D eigenvalue weighted by molar-refractivity contribution is 0.604. The van der Waals surface area contributed by atoms with Gasteiger partial charge in [0.1, 0.15) is 0 Å². The second kappa shape index (κ2) is 3.52. The van der Waals surface area contributed by atoms with Crippen LogP contribution in [0.5, 0.6) is 0 Å². The van der Waals surface area contributed by atoms with Crippen LogP contribution in [0, 0.1) is 6.92 Å². The number of hydrogen-bond donors (Lipinski definition) is 0. The van der Waals surface area contributed by atoms with E-state index < -0.39 is 9.84 Å². The fourth-order valence-electron chi connectivity index (χ4n) is 0.970.